The number of carbonyl (C=O) groups is 1. The molecule has 0 aromatic heterocycles. The maximum Gasteiger partial charge on any atom is 0.321 e. The van der Waals surface area contributed by atoms with Gasteiger partial charge in [0.15, 0.2) is 0 Å². The Kier molecular flexibility index (Phi) is 5.38. The molecule has 0 aliphatic heterocycles. The van der Waals surface area contributed by atoms with Crippen LogP contribution in [0.4, 0.5) is 0 Å². The SMILES string of the molecule is CCCCCOC(=O)C(C)(C)S. The van der Waals surface area contributed by atoms with E-state index in [-0.39, 0.29) is 5.97 Å². The summed E-state index contributed by atoms with van der Waals surface area (Å²) in [6.07, 6.45) is 3.20. The molecular formula is C9H18O2S. The van der Waals surface area contributed by atoms with Crippen molar-refractivity contribution < 1.29 is 9.53 Å². The van der Waals surface area contributed by atoms with Gasteiger partial charge in [-0.25, -0.2) is 0 Å². The van der Waals surface area contributed by atoms with Crippen molar-refractivity contribution in [2.24, 2.45) is 0 Å². The zero-order chi connectivity index (χ0) is 9.61. The van der Waals surface area contributed by atoms with E-state index < -0.39 is 4.75 Å². The summed E-state index contributed by atoms with van der Waals surface area (Å²) < 4.78 is 4.33. The Morgan fingerprint density at radius 3 is 2.42 bits per heavy atom. The summed E-state index contributed by atoms with van der Waals surface area (Å²) in [5, 5.41) is 0. The first-order chi connectivity index (χ1) is 5.48. The zero-order valence-electron chi connectivity index (χ0n) is 8.09. The Morgan fingerprint density at radius 1 is 1.42 bits per heavy atom. The topological polar surface area (TPSA) is 26.3 Å². The third kappa shape index (κ3) is 5.47. The molecule has 0 aliphatic rings. The molecule has 0 aliphatic carbocycles. The lowest BCUT2D eigenvalue weighted by Gasteiger charge is -2.15. The highest BCUT2D eigenvalue weighted by atomic mass is 32.1. The minimum atomic E-state index is -0.661. The van der Waals surface area contributed by atoms with Crippen molar-refractivity contribution in [2.45, 2.75) is 44.8 Å². The van der Waals surface area contributed by atoms with Crippen LogP contribution in [0, 0.1) is 0 Å². The van der Waals surface area contributed by atoms with Gasteiger partial charge in [0.25, 0.3) is 0 Å². The minimum Gasteiger partial charge on any atom is -0.465 e. The van der Waals surface area contributed by atoms with Crippen molar-refractivity contribution in [1.82, 2.24) is 0 Å². The van der Waals surface area contributed by atoms with Crippen molar-refractivity contribution in [3.63, 3.8) is 0 Å². The largest absolute Gasteiger partial charge is 0.465 e. The molecule has 0 saturated carbocycles. The molecule has 0 amide bonds. The van der Waals surface area contributed by atoms with Crippen LogP contribution in [0.25, 0.3) is 0 Å². The second-order valence-corrected chi connectivity index (χ2v) is 4.52. The second kappa shape index (κ2) is 5.46. The van der Waals surface area contributed by atoms with Crippen LogP contribution in [0.5, 0.6) is 0 Å². The van der Waals surface area contributed by atoms with Crippen LogP contribution in [0.1, 0.15) is 40.0 Å². The van der Waals surface area contributed by atoms with Gasteiger partial charge in [-0.15, -0.1) is 0 Å². The zero-order valence-corrected chi connectivity index (χ0v) is 8.99. The van der Waals surface area contributed by atoms with Crippen LogP contribution in [0.15, 0.2) is 0 Å². The molecule has 3 heteroatoms. The Morgan fingerprint density at radius 2 is 2.00 bits per heavy atom. The quantitative estimate of drug-likeness (QED) is 0.409. The van der Waals surface area contributed by atoms with Crippen LogP contribution in [-0.4, -0.2) is 17.3 Å². The highest BCUT2D eigenvalue weighted by Crippen LogP contribution is 2.13. The van der Waals surface area contributed by atoms with Gasteiger partial charge in [0.1, 0.15) is 4.75 Å². The summed E-state index contributed by atoms with van der Waals surface area (Å²) in [7, 11) is 0. The monoisotopic (exact) mass is 190 g/mol. The highest BCUT2D eigenvalue weighted by Gasteiger charge is 2.23. The first-order valence-corrected chi connectivity index (χ1v) is 4.82. The summed E-state index contributed by atoms with van der Waals surface area (Å²) >= 11 is 4.10. The maximum atomic E-state index is 11.1. The van der Waals surface area contributed by atoms with E-state index in [0.717, 1.165) is 19.3 Å². The van der Waals surface area contributed by atoms with Crippen molar-refractivity contribution >= 4 is 18.6 Å². The number of rotatable bonds is 5. The lowest BCUT2D eigenvalue weighted by molar-refractivity contribution is -0.145. The van der Waals surface area contributed by atoms with Gasteiger partial charge in [-0.05, 0) is 20.3 Å². The number of thiol groups is 1. The predicted molar refractivity (Wildman–Crippen MR) is 53.5 cm³/mol. The van der Waals surface area contributed by atoms with Crippen molar-refractivity contribution in [1.29, 1.82) is 0 Å². The number of hydrogen-bond donors (Lipinski definition) is 1. The molecule has 0 atom stereocenters. The van der Waals surface area contributed by atoms with Crippen molar-refractivity contribution in [3.8, 4) is 0 Å². The van der Waals surface area contributed by atoms with Crippen LogP contribution in [0.2, 0.25) is 0 Å². The van der Waals surface area contributed by atoms with Crippen molar-refractivity contribution in [3.05, 3.63) is 0 Å². The summed E-state index contributed by atoms with van der Waals surface area (Å²) in [6.45, 7) is 6.11. The van der Waals surface area contributed by atoms with E-state index in [2.05, 4.69) is 19.6 Å². The van der Waals surface area contributed by atoms with Gasteiger partial charge in [0.05, 0.1) is 6.61 Å². The normalized spacial score (nSPS) is 11.3. The molecule has 0 saturated heterocycles. The van der Waals surface area contributed by atoms with Crippen molar-refractivity contribution in [2.75, 3.05) is 6.61 Å². The average Bonchev–Trinajstić information content (AvgIpc) is 1.96. The lowest BCUT2D eigenvalue weighted by atomic mass is 10.2. The molecule has 0 aromatic rings. The predicted octanol–water partition coefficient (Wildman–Crippen LogP) is 2.43. The van der Waals surface area contributed by atoms with E-state index in [1.54, 1.807) is 13.8 Å². The lowest BCUT2D eigenvalue weighted by Crippen LogP contribution is -2.27. The standard InChI is InChI=1S/C9H18O2S/c1-4-5-6-7-11-8(10)9(2,3)12/h12H,4-7H2,1-3H3. The van der Waals surface area contributed by atoms with Crippen LogP contribution in [0.3, 0.4) is 0 Å². The highest BCUT2D eigenvalue weighted by molar-refractivity contribution is 7.82. The van der Waals surface area contributed by atoms with Gasteiger partial charge in [0.2, 0.25) is 0 Å². The summed E-state index contributed by atoms with van der Waals surface area (Å²) in [4.78, 5) is 11.1. The van der Waals surface area contributed by atoms with Crippen LogP contribution >= 0.6 is 12.6 Å². The molecule has 0 radical (unpaired) electrons. The van der Waals surface area contributed by atoms with E-state index in [4.69, 9.17) is 4.74 Å². The fraction of sp³-hybridized carbons (Fsp3) is 0.889. The molecule has 2 nitrogen and oxygen atoms in total. The third-order valence-electron chi connectivity index (χ3n) is 1.48. The maximum absolute atomic E-state index is 11.1. The van der Waals surface area contributed by atoms with E-state index in [1.807, 2.05) is 0 Å². The third-order valence-corrected chi connectivity index (χ3v) is 1.66. The number of carbonyl (C=O) groups excluding carboxylic acids is 1. The molecule has 0 unspecified atom stereocenters. The summed E-state index contributed by atoms with van der Waals surface area (Å²) in [5.41, 5.74) is 0. The average molecular weight is 190 g/mol. The van der Waals surface area contributed by atoms with Gasteiger partial charge in [0, 0.05) is 0 Å². The Hall–Kier alpha value is -0.180. The second-order valence-electron chi connectivity index (χ2n) is 3.40. The molecule has 0 spiro atoms. The van der Waals surface area contributed by atoms with Crippen LogP contribution in [-0.2, 0) is 9.53 Å². The fourth-order valence-corrected chi connectivity index (χ4v) is 0.758. The van der Waals surface area contributed by atoms with Crippen LogP contribution < -0.4 is 0 Å². The van der Waals surface area contributed by atoms with Gasteiger partial charge in [-0.1, -0.05) is 19.8 Å². The molecular weight excluding hydrogens is 172 g/mol. The first-order valence-electron chi connectivity index (χ1n) is 4.38. The Labute approximate surface area is 80.1 Å². The minimum absolute atomic E-state index is 0.234. The molecule has 0 bridgehead atoms. The Balaban J connectivity index is 3.45. The summed E-state index contributed by atoms with van der Waals surface area (Å²) in [6, 6.07) is 0. The number of esters is 1. The fourth-order valence-electron chi connectivity index (χ4n) is 0.694. The molecule has 0 heterocycles. The smallest absolute Gasteiger partial charge is 0.321 e. The van der Waals surface area contributed by atoms with E-state index >= 15 is 0 Å². The molecule has 0 N–H and O–H groups in total. The number of ether oxygens (including phenoxy) is 1. The van der Waals surface area contributed by atoms with Gasteiger partial charge >= 0.3 is 5.97 Å². The van der Waals surface area contributed by atoms with E-state index in [1.165, 1.54) is 0 Å². The molecule has 0 rings (SSSR count). The molecule has 72 valence electrons. The van der Waals surface area contributed by atoms with Gasteiger partial charge in [-0.3, -0.25) is 4.79 Å². The Bertz CT molecular complexity index is 138. The molecule has 0 aromatic carbocycles. The summed E-state index contributed by atoms with van der Waals surface area (Å²) in [5.74, 6) is -0.234. The van der Waals surface area contributed by atoms with Gasteiger partial charge in [-0.2, -0.15) is 12.6 Å². The van der Waals surface area contributed by atoms with E-state index in [0.29, 0.717) is 6.61 Å². The number of hydrogen-bond acceptors (Lipinski definition) is 3. The number of unbranched alkanes of at least 4 members (excludes halogenated alkanes) is 2. The molecule has 12 heavy (non-hydrogen) atoms. The van der Waals surface area contributed by atoms with E-state index in [9.17, 15) is 4.79 Å². The van der Waals surface area contributed by atoms with Gasteiger partial charge < -0.3 is 4.74 Å². The first kappa shape index (κ1) is 11.8. The molecule has 0 fully saturated rings.